The maximum atomic E-state index is 12.2. The van der Waals surface area contributed by atoms with Crippen molar-refractivity contribution in [3.63, 3.8) is 0 Å². The molecule has 0 bridgehead atoms. The van der Waals surface area contributed by atoms with Crippen LogP contribution in [0.25, 0.3) is 11.0 Å². The standard InChI is InChI=1S/C21H20O3/c1-14-6-2-3-7-15(14)13-23-16-10-11-18-17-8-4-5-9-19(17)21(22)24-20(18)12-16/h2-3,6-7,10-12H,4-5,8-9,13H2,1H3. The number of ether oxygens (including phenoxy) is 1. The van der Waals surface area contributed by atoms with Gasteiger partial charge in [-0.25, -0.2) is 4.79 Å². The third-order valence-corrected chi connectivity index (χ3v) is 4.85. The molecule has 0 spiro atoms. The second kappa shape index (κ2) is 6.16. The Bertz CT molecular complexity index is 953. The van der Waals surface area contributed by atoms with Gasteiger partial charge in [-0.3, -0.25) is 0 Å². The highest BCUT2D eigenvalue weighted by atomic mass is 16.5. The van der Waals surface area contributed by atoms with Gasteiger partial charge in [-0.15, -0.1) is 0 Å². The van der Waals surface area contributed by atoms with Gasteiger partial charge in [0, 0.05) is 17.0 Å². The summed E-state index contributed by atoms with van der Waals surface area (Å²) in [7, 11) is 0. The van der Waals surface area contributed by atoms with Crippen molar-refractivity contribution in [1.82, 2.24) is 0 Å². The Morgan fingerprint density at radius 3 is 2.67 bits per heavy atom. The number of hydrogen-bond acceptors (Lipinski definition) is 3. The summed E-state index contributed by atoms with van der Waals surface area (Å²) in [5.41, 5.74) is 4.83. The van der Waals surface area contributed by atoms with Crippen LogP contribution in [0.5, 0.6) is 5.75 Å². The van der Waals surface area contributed by atoms with E-state index in [0.29, 0.717) is 12.2 Å². The highest BCUT2D eigenvalue weighted by Gasteiger charge is 2.18. The zero-order valence-electron chi connectivity index (χ0n) is 13.8. The van der Waals surface area contributed by atoms with E-state index in [0.717, 1.165) is 53.5 Å². The lowest BCUT2D eigenvalue weighted by molar-refractivity contribution is 0.305. The molecule has 3 heteroatoms. The van der Waals surface area contributed by atoms with Crippen LogP contribution in [0, 0.1) is 6.92 Å². The maximum absolute atomic E-state index is 12.2. The van der Waals surface area contributed by atoms with Crippen LogP contribution in [-0.2, 0) is 19.4 Å². The largest absolute Gasteiger partial charge is 0.489 e. The number of fused-ring (bicyclic) bond motifs is 3. The van der Waals surface area contributed by atoms with E-state index >= 15 is 0 Å². The molecule has 0 radical (unpaired) electrons. The van der Waals surface area contributed by atoms with Crippen molar-refractivity contribution >= 4 is 11.0 Å². The summed E-state index contributed by atoms with van der Waals surface area (Å²) in [6.45, 7) is 2.58. The van der Waals surface area contributed by atoms with Gasteiger partial charge < -0.3 is 9.15 Å². The third kappa shape index (κ3) is 2.71. The molecule has 3 nitrogen and oxygen atoms in total. The van der Waals surface area contributed by atoms with E-state index < -0.39 is 0 Å². The monoisotopic (exact) mass is 320 g/mol. The molecule has 1 heterocycles. The molecule has 0 atom stereocenters. The van der Waals surface area contributed by atoms with Gasteiger partial charge >= 0.3 is 5.63 Å². The van der Waals surface area contributed by atoms with Gasteiger partial charge in [0.15, 0.2) is 0 Å². The number of benzene rings is 2. The molecule has 0 N–H and O–H groups in total. The summed E-state index contributed by atoms with van der Waals surface area (Å²) in [6.07, 6.45) is 4.00. The Morgan fingerprint density at radius 1 is 1.04 bits per heavy atom. The summed E-state index contributed by atoms with van der Waals surface area (Å²) in [5.74, 6) is 0.727. The molecule has 0 amide bonds. The maximum Gasteiger partial charge on any atom is 0.339 e. The third-order valence-electron chi connectivity index (χ3n) is 4.85. The molecule has 1 aliphatic carbocycles. The summed E-state index contributed by atoms with van der Waals surface area (Å²) in [5, 5.41) is 1.05. The molecule has 0 aliphatic heterocycles. The van der Waals surface area contributed by atoms with Gasteiger partial charge in [0.2, 0.25) is 0 Å². The minimum Gasteiger partial charge on any atom is -0.489 e. The van der Waals surface area contributed by atoms with Gasteiger partial charge in [0.05, 0.1) is 0 Å². The van der Waals surface area contributed by atoms with E-state index in [1.54, 1.807) is 0 Å². The number of aryl methyl sites for hydroxylation is 2. The molecule has 4 rings (SSSR count). The molecular weight excluding hydrogens is 300 g/mol. The zero-order valence-corrected chi connectivity index (χ0v) is 13.8. The van der Waals surface area contributed by atoms with Crippen LogP contribution in [0.15, 0.2) is 51.7 Å². The predicted molar refractivity (Wildman–Crippen MR) is 94.6 cm³/mol. The van der Waals surface area contributed by atoms with Gasteiger partial charge in [-0.2, -0.15) is 0 Å². The molecule has 2 aromatic carbocycles. The van der Waals surface area contributed by atoms with Gasteiger partial charge in [0.25, 0.3) is 0 Å². The highest BCUT2D eigenvalue weighted by molar-refractivity contribution is 5.82. The first-order valence-electron chi connectivity index (χ1n) is 8.48. The predicted octanol–water partition coefficient (Wildman–Crippen LogP) is 4.56. The average molecular weight is 320 g/mol. The Balaban J connectivity index is 1.66. The number of hydrogen-bond donors (Lipinski definition) is 0. The molecule has 0 unspecified atom stereocenters. The molecule has 3 aromatic rings. The van der Waals surface area contributed by atoms with Crippen molar-refractivity contribution in [2.75, 3.05) is 0 Å². The van der Waals surface area contributed by atoms with Crippen molar-refractivity contribution < 1.29 is 9.15 Å². The molecule has 0 saturated heterocycles. The van der Waals surface area contributed by atoms with E-state index in [1.807, 2.05) is 30.3 Å². The minimum atomic E-state index is -0.187. The van der Waals surface area contributed by atoms with Crippen molar-refractivity contribution in [1.29, 1.82) is 0 Å². The lowest BCUT2D eigenvalue weighted by Crippen LogP contribution is -2.15. The molecule has 1 aliphatic rings. The molecule has 1 aromatic heterocycles. The Hall–Kier alpha value is -2.55. The van der Waals surface area contributed by atoms with E-state index in [2.05, 4.69) is 19.1 Å². The van der Waals surface area contributed by atoms with Crippen molar-refractivity contribution in [3.05, 3.63) is 75.1 Å². The minimum absolute atomic E-state index is 0.187. The first kappa shape index (κ1) is 15.0. The highest BCUT2D eigenvalue weighted by Crippen LogP contribution is 2.29. The van der Waals surface area contributed by atoms with Crippen LogP contribution in [0.3, 0.4) is 0 Å². The van der Waals surface area contributed by atoms with Crippen molar-refractivity contribution in [3.8, 4) is 5.75 Å². The molecule has 0 saturated carbocycles. The lowest BCUT2D eigenvalue weighted by Gasteiger charge is -2.16. The topological polar surface area (TPSA) is 39.4 Å². The van der Waals surface area contributed by atoms with Crippen LogP contribution >= 0.6 is 0 Å². The fraction of sp³-hybridized carbons (Fsp3) is 0.286. The second-order valence-corrected chi connectivity index (χ2v) is 6.43. The summed E-state index contributed by atoms with van der Waals surface area (Å²) < 4.78 is 11.4. The first-order valence-corrected chi connectivity index (χ1v) is 8.48. The van der Waals surface area contributed by atoms with Crippen LogP contribution < -0.4 is 10.4 Å². The Kier molecular flexibility index (Phi) is 3.85. The van der Waals surface area contributed by atoms with Crippen molar-refractivity contribution in [2.45, 2.75) is 39.2 Å². The van der Waals surface area contributed by atoms with Crippen LogP contribution in [0.2, 0.25) is 0 Å². The summed E-state index contributed by atoms with van der Waals surface area (Å²) in [6, 6.07) is 14.0. The van der Waals surface area contributed by atoms with Crippen LogP contribution in [-0.4, -0.2) is 0 Å². The summed E-state index contributed by atoms with van der Waals surface area (Å²) in [4.78, 5) is 12.2. The van der Waals surface area contributed by atoms with Gasteiger partial charge in [-0.05, 0) is 61.4 Å². The van der Waals surface area contributed by atoms with Crippen LogP contribution in [0.4, 0.5) is 0 Å². The molecule has 0 fully saturated rings. The van der Waals surface area contributed by atoms with E-state index in [1.165, 1.54) is 5.56 Å². The second-order valence-electron chi connectivity index (χ2n) is 6.43. The SMILES string of the molecule is Cc1ccccc1COc1ccc2c3c(c(=O)oc2c1)CCCC3. The Labute approximate surface area is 140 Å². The molecule has 24 heavy (non-hydrogen) atoms. The number of rotatable bonds is 3. The molecular formula is C21H20O3. The van der Waals surface area contributed by atoms with E-state index in [-0.39, 0.29) is 5.63 Å². The van der Waals surface area contributed by atoms with Crippen LogP contribution in [0.1, 0.15) is 35.1 Å². The first-order chi connectivity index (χ1) is 11.7. The summed E-state index contributed by atoms with van der Waals surface area (Å²) >= 11 is 0. The lowest BCUT2D eigenvalue weighted by atomic mass is 9.91. The van der Waals surface area contributed by atoms with Gasteiger partial charge in [-0.1, -0.05) is 24.3 Å². The normalized spacial score (nSPS) is 13.7. The average Bonchev–Trinajstić information content (AvgIpc) is 2.61. The van der Waals surface area contributed by atoms with Crippen molar-refractivity contribution in [2.24, 2.45) is 0 Å². The Morgan fingerprint density at radius 2 is 1.83 bits per heavy atom. The fourth-order valence-corrected chi connectivity index (χ4v) is 3.45. The van der Waals surface area contributed by atoms with Gasteiger partial charge in [0.1, 0.15) is 17.9 Å². The fourth-order valence-electron chi connectivity index (χ4n) is 3.45. The quantitative estimate of drug-likeness (QED) is 0.664. The molecule has 122 valence electrons. The zero-order chi connectivity index (χ0) is 16.5. The smallest absolute Gasteiger partial charge is 0.339 e. The van der Waals surface area contributed by atoms with E-state index in [4.69, 9.17) is 9.15 Å². The van der Waals surface area contributed by atoms with E-state index in [9.17, 15) is 4.79 Å².